The Morgan fingerprint density at radius 3 is 2.44 bits per heavy atom. The molecule has 0 bridgehead atoms. The van der Waals surface area contributed by atoms with Crippen LogP contribution < -0.4 is 26.4 Å². The van der Waals surface area contributed by atoms with Crippen LogP contribution >= 0.6 is 0 Å². The van der Waals surface area contributed by atoms with Crippen molar-refractivity contribution in [1.82, 2.24) is 10.0 Å². The molecular formula is C22H34N6O3S. The van der Waals surface area contributed by atoms with Crippen LogP contribution in [0, 0.1) is 0 Å². The van der Waals surface area contributed by atoms with Crippen molar-refractivity contribution in [2.24, 2.45) is 16.5 Å². The fraction of sp³-hybridized carbons (Fsp3) is 0.455. The molecule has 9 nitrogen and oxygen atoms in total. The molecule has 0 saturated carbocycles. The van der Waals surface area contributed by atoms with Crippen LogP contribution in [-0.2, 0) is 14.8 Å². The Morgan fingerprint density at radius 2 is 1.78 bits per heavy atom. The summed E-state index contributed by atoms with van der Waals surface area (Å²) in [5.41, 5.74) is 12.2. The van der Waals surface area contributed by atoms with Gasteiger partial charge < -0.3 is 21.7 Å². The van der Waals surface area contributed by atoms with Crippen LogP contribution in [0.4, 0.5) is 5.69 Å². The molecule has 176 valence electrons. The molecule has 1 amide bonds. The highest BCUT2D eigenvalue weighted by molar-refractivity contribution is 7.90. The van der Waals surface area contributed by atoms with Crippen LogP contribution in [0.5, 0.6) is 0 Å². The number of sulfonamides is 1. The number of fused-ring (bicyclic) bond motifs is 1. The highest BCUT2D eigenvalue weighted by atomic mass is 32.2. The highest BCUT2D eigenvalue weighted by Gasteiger charge is 2.19. The molecule has 2 aromatic carbocycles. The summed E-state index contributed by atoms with van der Waals surface area (Å²) in [6.07, 6.45) is 3.02. The predicted molar refractivity (Wildman–Crippen MR) is 130 cm³/mol. The van der Waals surface area contributed by atoms with Gasteiger partial charge in [-0.3, -0.25) is 9.79 Å². The number of carbonyl (C=O) groups is 1. The topological polar surface area (TPSA) is 143 Å². The first-order chi connectivity index (χ1) is 15.2. The number of nitrogens with two attached hydrogens (primary N) is 2. The minimum absolute atomic E-state index is 0.130. The molecule has 0 aliphatic carbocycles. The molecule has 6 N–H and O–H groups in total. The first-order valence-corrected chi connectivity index (χ1v) is 12.2. The molecule has 0 aliphatic heterocycles. The predicted octanol–water partition coefficient (Wildman–Crippen LogP) is 1.52. The Morgan fingerprint density at radius 1 is 1.09 bits per heavy atom. The van der Waals surface area contributed by atoms with Gasteiger partial charge in [0.25, 0.3) is 10.0 Å². The Labute approximate surface area is 190 Å². The molecule has 0 heterocycles. The fourth-order valence-corrected chi connectivity index (χ4v) is 4.58. The van der Waals surface area contributed by atoms with Crippen molar-refractivity contribution < 1.29 is 13.2 Å². The van der Waals surface area contributed by atoms with Gasteiger partial charge in [0, 0.05) is 37.1 Å². The van der Waals surface area contributed by atoms with Gasteiger partial charge >= 0.3 is 0 Å². The first-order valence-electron chi connectivity index (χ1n) is 10.7. The van der Waals surface area contributed by atoms with E-state index in [1.165, 1.54) is 6.07 Å². The van der Waals surface area contributed by atoms with Crippen LogP contribution in [0.15, 0.2) is 46.3 Å². The van der Waals surface area contributed by atoms with E-state index in [0.29, 0.717) is 18.2 Å². The number of amides is 1. The maximum atomic E-state index is 13.0. The fourth-order valence-electron chi connectivity index (χ4n) is 3.41. The average Bonchev–Trinajstić information content (AvgIpc) is 2.73. The normalized spacial score (nSPS) is 13.2. The molecule has 2 rings (SSSR count). The number of carbonyl (C=O) groups excluding carboxylic acids is 1. The number of unbranched alkanes of at least 4 members (excludes halogenated alkanes) is 1. The molecule has 10 heteroatoms. The lowest BCUT2D eigenvalue weighted by atomic mass is 10.1. The van der Waals surface area contributed by atoms with E-state index in [1.807, 2.05) is 37.2 Å². The zero-order chi connectivity index (χ0) is 23.7. The summed E-state index contributed by atoms with van der Waals surface area (Å²) in [6.45, 7) is 3.06. The van der Waals surface area contributed by atoms with E-state index in [4.69, 9.17) is 11.5 Å². The third-order valence-electron chi connectivity index (χ3n) is 5.07. The van der Waals surface area contributed by atoms with E-state index in [0.717, 1.165) is 30.5 Å². The number of primary amides is 1. The third-order valence-corrected chi connectivity index (χ3v) is 6.48. The summed E-state index contributed by atoms with van der Waals surface area (Å²) in [4.78, 5) is 17.7. The summed E-state index contributed by atoms with van der Waals surface area (Å²) in [5.74, 6) is -0.604. The second kappa shape index (κ2) is 11.7. The zero-order valence-corrected chi connectivity index (χ0v) is 19.8. The van der Waals surface area contributed by atoms with Gasteiger partial charge in [0.15, 0.2) is 0 Å². The van der Waals surface area contributed by atoms with Crippen molar-refractivity contribution in [2.45, 2.75) is 43.5 Å². The molecule has 32 heavy (non-hydrogen) atoms. The minimum Gasteiger partial charge on any atom is -0.377 e. The molecule has 2 aromatic rings. The van der Waals surface area contributed by atoms with Crippen molar-refractivity contribution in [3.05, 3.63) is 36.4 Å². The minimum atomic E-state index is -3.92. The number of guanidine groups is 1. The molecule has 0 radical (unpaired) electrons. The Bertz CT molecular complexity index is 1050. The van der Waals surface area contributed by atoms with Gasteiger partial charge in [0.05, 0.1) is 10.9 Å². The molecule has 0 aliphatic rings. The summed E-state index contributed by atoms with van der Waals surface area (Å²) in [5, 5.41) is 4.55. The van der Waals surface area contributed by atoms with Crippen molar-refractivity contribution in [3.8, 4) is 0 Å². The molecule has 0 aromatic heterocycles. The van der Waals surface area contributed by atoms with Gasteiger partial charge in [-0.05, 0) is 37.9 Å². The van der Waals surface area contributed by atoms with Crippen LogP contribution in [0.1, 0.15) is 32.6 Å². The molecule has 1 atom stereocenters. The lowest BCUT2D eigenvalue weighted by molar-refractivity contribution is -0.120. The number of rotatable bonds is 12. The van der Waals surface area contributed by atoms with E-state index >= 15 is 0 Å². The Balaban J connectivity index is 2.06. The summed E-state index contributed by atoms with van der Waals surface area (Å²) in [7, 11) is -0.114. The second-order valence-corrected chi connectivity index (χ2v) is 9.45. The summed E-state index contributed by atoms with van der Waals surface area (Å²) in [6, 6.07) is 10.2. The van der Waals surface area contributed by atoms with Crippen molar-refractivity contribution in [3.63, 3.8) is 0 Å². The van der Waals surface area contributed by atoms with Crippen LogP contribution in [0.2, 0.25) is 0 Å². The van der Waals surface area contributed by atoms with E-state index in [-0.39, 0.29) is 17.4 Å². The van der Waals surface area contributed by atoms with E-state index < -0.39 is 22.0 Å². The largest absolute Gasteiger partial charge is 0.377 e. The number of benzene rings is 2. The summed E-state index contributed by atoms with van der Waals surface area (Å²) < 4.78 is 28.3. The highest BCUT2D eigenvalue weighted by Crippen LogP contribution is 2.30. The maximum Gasteiger partial charge on any atom is 0.264 e. The zero-order valence-electron chi connectivity index (χ0n) is 19.0. The standard InChI is InChI=1S/C22H34N6O3S/c1-4-5-14-25-18(21(23)29)11-8-15-26-22(24)27-32(30,31)20-13-7-9-16-17(20)10-6-12-19(16)28(2)3/h6-7,9-10,12-13,18,25H,4-5,8,11,14-15H2,1-3H3,(H2,23,29)(H3,24,26,27)/t18-/m0/s1. The quantitative estimate of drug-likeness (QED) is 0.214. The SMILES string of the molecule is CCCCN[C@@H](CCCN=C(N)NS(=O)(=O)c1cccc2c(N(C)C)cccc12)C(N)=O. The van der Waals surface area contributed by atoms with Gasteiger partial charge in [0.2, 0.25) is 11.9 Å². The Hall–Kier alpha value is -2.85. The van der Waals surface area contributed by atoms with Crippen LogP contribution in [0.25, 0.3) is 10.8 Å². The van der Waals surface area contributed by atoms with Crippen LogP contribution in [0.3, 0.4) is 0 Å². The van der Waals surface area contributed by atoms with Gasteiger partial charge in [-0.25, -0.2) is 13.1 Å². The number of aliphatic imine (C=N–C) groups is 1. The van der Waals surface area contributed by atoms with Crippen molar-refractivity contribution in [2.75, 3.05) is 32.1 Å². The van der Waals surface area contributed by atoms with Gasteiger partial charge in [-0.1, -0.05) is 37.6 Å². The lowest BCUT2D eigenvalue weighted by Crippen LogP contribution is -2.41. The van der Waals surface area contributed by atoms with Crippen molar-refractivity contribution in [1.29, 1.82) is 0 Å². The van der Waals surface area contributed by atoms with Crippen molar-refractivity contribution >= 4 is 38.3 Å². The molecule has 0 fully saturated rings. The molecular weight excluding hydrogens is 428 g/mol. The number of nitrogens with one attached hydrogen (secondary N) is 2. The Kier molecular flexibility index (Phi) is 9.27. The molecule has 0 saturated heterocycles. The van der Waals surface area contributed by atoms with E-state index in [9.17, 15) is 13.2 Å². The lowest BCUT2D eigenvalue weighted by Gasteiger charge is -2.17. The molecule has 0 unspecified atom stereocenters. The third kappa shape index (κ3) is 6.83. The van der Waals surface area contributed by atoms with Gasteiger partial charge in [0.1, 0.15) is 0 Å². The first kappa shape index (κ1) is 25.4. The summed E-state index contributed by atoms with van der Waals surface area (Å²) >= 11 is 0. The van der Waals surface area contributed by atoms with Gasteiger partial charge in [-0.2, -0.15) is 0 Å². The second-order valence-electron chi connectivity index (χ2n) is 7.80. The van der Waals surface area contributed by atoms with E-state index in [2.05, 4.69) is 22.0 Å². The van der Waals surface area contributed by atoms with Crippen LogP contribution in [-0.4, -0.2) is 53.5 Å². The molecule has 0 spiro atoms. The average molecular weight is 463 g/mol. The number of anilines is 1. The number of hydrogen-bond donors (Lipinski definition) is 4. The number of hydrogen-bond acceptors (Lipinski definition) is 6. The van der Waals surface area contributed by atoms with E-state index in [1.54, 1.807) is 12.1 Å². The number of nitrogens with zero attached hydrogens (tertiary/aromatic N) is 2. The van der Waals surface area contributed by atoms with Gasteiger partial charge in [-0.15, -0.1) is 0 Å². The monoisotopic (exact) mass is 462 g/mol. The maximum absolute atomic E-state index is 13.0. The smallest absolute Gasteiger partial charge is 0.264 e.